The minimum Gasteiger partial charge on any atom is -0.508 e. The first-order valence-corrected chi connectivity index (χ1v) is 31.0. The van der Waals surface area contributed by atoms with Crippen LogP contribution in [0.1, 0.15) is 16.7 Å². The first kappa shape index (κ1) is 44.6. The average molecular weight is 1290 g/mol. The summed E-state index contributed by atoms with van der Waals surface area (Å²) in [7, 11) is 0. The van der Waals surface area contributed by atoms with E-state index in [4.69, 9.17) is 39.8 Å². The van der Waals surface area contributed by atoms with Crippen LogP contribution in [-0.4, -0.2) is 11.1 Å². The maximum Gasteiger partial charge on any atom is 0.115 e. The number of rotatable bonds is 2. The zero-order chi connectivity index (χ0) is 31.4. The van der Waals surface area contributed by atoms with E-state index in [2.05, 4.69) is 85.1 Å². The predicted octanol–water partition coefficient (Wildman–Crippen LogP) is 8.97. The summed E-state index contributed by atoms with van der Waals surface area (Å²) in [6, 6.07) is 24.5. The van der Waals surface area contributed by atoms with Crippen LogP contribution in [0, 0.1) is 20.8 Å². The number of aromatic hydroxyl groups is 1. The molecule has 0 saturated carbocycles. The molecule has 0 saturated heterocycles. The van der Waals surface area contributed by atoms with Crippen molar-refractivity contribution in [3.05, 3.63) is 112 Å². The molecule has 0 aliphatic rings. The Kier molecular flexibility index (Phi) is 28.4. The van der Waals surface area contributed by atoms with Crippen LogP contribution in [-0.2, 0) is 0 Å². The standard InChI is InChI=1S/C15H15ClN2O.C7H8ClN.C6H7NO.I3.I2.HI/c1-10-3-5-12(6-4-10)17-15(19)18-13-7-8-14(16)11(2)9-13;1-5-4-6(9)2-3-7(5)8;7-5-1-3-6(8)4-2-5;1-3-2;1-2;/h3-9H,1-2H3,(H2,17,18,19);2-4H,9H2,1H3;1-4,8H,7H2;;;1H/q;;;-1;;. The topological polar surface area (TPSA) is 113 Å². The van der Waals surface area contributed by atoms with Gasteiger partial charge in [-0.3, -0.25) is 0 Å². The molecule has 0 atom stereocenters. The van der Waals surface area contributed by atoms with Crippen LogP contribution in [0.15, 0.2) is 84.9 Å². The quantitative estimate of drug-likeness (QED) is 0.0785. The van der Waals surface area contributed by atoms with E-state index in [-0.39, 0.29) is 35.8 Å². The molecule has 0 radical (unpaired) electrons. The second kappa shape index (κ2) is 26.7. The maximum absolute atomic E-state index is 11.8. The Balaban J connectivity index is 0. The molecule has 4 aromatic carbocycles. The van der Waals surface area contributed by atoms with E-state index < -0.39 is 0 Å². The van der Waals surface area contributed by atoms with Crippen LogP contribution in [0.3, 0.4) is 0 Å². The van der Waals surface area contributed by atoms with Crippen LogP contribution < -0.4 is 35.4 Å². The Labute approximate surface area is 328 Å². The van der Waals surface area contributed by atoms with Gasteiger partial charge in [-0.2, -0.15) is 0 Å². The minimum atomic E-state index is -0.273. The van der Waals surface area contributed by atoms with E-state index in [0.29, 0.717) is 29.7 Å². The third-order valence-corrected chi connectivity index (χ3v) is 5.65. The summed E-state index contributed by atoms with van der Waals surface area (Å²) in [5, 5.41) is 15.7. The summed E-state index contributed by atoms with van der Waals surface area (Å²) in [5.74, 6) is 0.249. The molecule has 4 rings (SSSR count). The smallest absolute Gasteiger partial charge is 0.115 e. The van der Waals surface area contributed by atoms with Gasteiger partial charge in [0.2, 0.25) is 0 Å². The van der Waals surface area contributed by atoms with E-state index in [9.17, 15) is 4.79 Å². The third kappa shape index (κ3) is 21.3. The number of carbonyl (C=O) groups is 1. The van der Waals surface area contributed by atoms with Gasteiger partial charge in [-0.05, 0) is 105 Å². The average Bonchev–Trinajstić information content (AvgIpc) is 2.94. The third-order valence-electron chi connectivity index (χ3n) is 4.80. The molecule has 0 aliphatic heterocycles. The van der Waals surface area contributed by atoms with E-state index in [0.717, 1.165) is 33.1 Å². The van der Waals surface area contributed by atoms with Crippen molar-refractivity contribution in [2.75, 3.05) is 22.1 Å². The molecule has 0 aliphatic carbocycles. The molecule has 6 nitrogen and oxygen atoms in total. The first-order chi connectivity index (χ1) is 19.4. The number of nitrogens with two attached hydrogens (primary N) is 2. The summed E-state index contributed by atoms with van der Waals surface area (Å²) < 4.78 is 0. The monoisotopic (exact) mass is 1290 g/mol. The molecular weight excluding hydrogens is 1260 g/mol. The summed E-state index contributed by atoms with van der Waals surface area (Å²) in [6.45, 7) is 5.82. The number of aryl methyl sites for hydroxylation is 3. The van der Waals surface area contributed by atoms with Crippen molar-refractivity contribution in [2.24, 2.45) is 0 Å². The van der Waals surface area contributed by atoms with Gasteiger partial charge in [-0.15, -0.1) is 24.0 Å². The predicted molar refractivity (Wildman–Crippen MR) is 225 cm³/mol. The first-order valence-electron chi connectivity index (χ1n) is 11.4. The molecular formula is C28H31Cl2I6N4O2-. The number of amides is 2. The summed E-state index contributed by atoms with van der Waals surface area (Å²) in [6.07, 6.45) is 0. The Hall–Kier alpha value is 0.510. The summed E-state index contributed by atoms with van der Waals surface area (Å²) in [5.41, 5.74) is 16.8. The molecule has 4 aromatic rings. The molecule has 0 fully saturated rings. The van der Waals surface area contributed by atoms with E-state index in [1.807, 2.05) is 57.2 Å². The largest absolute Gasteiger partial charge is 0.508 e. The number of halogens is 8. The number of nitrogens with one attached hydrogen (secondary N) is 2. The fourth-order valence-corrected chi connectivity index (χ4v) is 3.03. The molecule has 0 bridgehead atoms. The number of carbonyl (C=O) groups excluding carboxylic acids is 1. The van der Waals surface area contributed by atoms with E-state index >= 15 is 0 Å². The molecule has 0 spiro atoms. The van der Waals surface area contributed by atoms with Crippen LogP contribution in [0.2, 0.25) is 10.0 Å². The van der Waals surface area contributed by atoms with Crippen LogP contribution in [0.25, 0.3) is 0 Å². The summed E-state index contributed by atoms with van der Waals surface area (Å²) >= 11 is 21.2. The fraction of sp³-hybridized carbons (Fsp3) is 0.107. The minimum absolute atomic E-state index is 0. The molecule has 14 heteroatoms. The van der Waals surface area contributed by atoms with Crippen molar-refractivity contribution < 1.29 is 23.2 Å². The van der Waals surface area contributed by atoms with Crippen molar-refractivity contribution >= 4 is 150 Å². The Morgan fingerprint density at radius 2 is 1.12 bits per heavy atom. The zero-order valence-electron chi connectivity index (χ0n) is 22.6. The molecule has 7 N–H and O–H groups in total. The summed E-state index contributed by atoms with van der Waals surface area (Å²) in [4.78, 5) is 11.8. The number of phenols is 1. The van der Waals surface area contributed by atoms with Crippen LogP contribution in [0.5, 0.6) is 5.75 Å². The number of hydrogen-bond donors (Lipinski definition) is 5. The molecule has 0 heterocycles. The number of benzene rings is 4. The van der Waals surface area contributed by atoms with Gasteiger partial charge >= 0.3 is 56.5 Å². The Morgan fingerprint density at radius 3 is 1.55 bits per heavy atom. The van der Waals surface area contributed by atoms with Crippen molar-refractivity contribution in [2.45, 2.75) is 20.8 Å². The molecule has 42 heavy (non-hydrogen) atoms. The number of nitrogen functional groups attached to an aromatic ring is 2. The van der Waals surface area contributed by atoms with Crippen molar-refractivity contribution in [3.63, 3.8) is 0 Å². The van der Waals surface area contributed by atoms with E-state index in [1.165, 1.54) is 0 Å². The number of hydrogen-bond acceptors (Lipinski definition) is 4. The van der Waals surface area contributed by atoms with Crippen molar-refractivity contribution in [3.8, 4) is 5.75 Å². The molecule has 0 unspecified atom stereocenters. The van der Waals surface area contributed by atoms with Gasteiger partial charge in [0.15, 0.2) is 0 Å². The molecule has 232 valence electrons. The Bertz CT molecular complexity index is 1300. The molecule has 2 amide bonds. The van der Waals surface area contributed by atoms with Crippen LogP contribution >= 0.6 is 122 Å². The van der Waals surface area contributed by atoms with Gasteiger partial charge in [0.1, 0.15) is 5.75 Å². The zero-order valence-corrected chi connectivity index (χ0v) is 37.3. The second-order valence-electron chi connectivity index (χ2n) is 8.06. The number of anilines is 4. The van der Waals surface area contributed by atoms with Crippen molar-refractivity contribution in [1.29, 1.82) is 0 Å². The fourth-order valence-electron chi connectivity index (χ4n) is 2.79. The van der Waals surface area contributed by atoms with Gasteiger partial charge in [0, 0.05) is 70.0 Å². The maximum atomic E-state index is 11.8. The van der Waals surface area contributed by atoms with Gasteiger partial charge in [0.25, 0.3) is 0 Å². The van der Waals surface area contributed by atoms with E-state index in [1.54, 1.807) is 48.5 Å². The Morgan fingerprint density at radius 1 is 0.714 bits per heavy atom. The SMILES string of the molecule is Cc1cc(N)ccc1Cl.Cc1ccc(NC(=O)Nc2ccc(Cl)c(C)c2)cc1.I.II.I[I-]I.Nc1ccc(O)cc1. The van der Waals surface area contributed by atoms with Gasteiger partial charge < -0.3 is 27.2 Å². The molecule has 0 aromatic heterocycles. The van der Waals surface area contributed by atoms with Crippen LogP contribution in [0.4, 0.5) is 27.5 Å². The second-order valence-corrected chi connectivity index (χ2v) is 25.1. The number of urea groups is 1. The number of phenolic OH excluding ortho intramolecular Hbond substituents is 1. The normalized spacial score (nSPS) is 8.98. The van der Waals surface area contributed by atoms with Crippen molar-refractivity contribution in [1.82, 2.24) is 0 Å². The van der Waals surface area contributed by atoms with Gasteiger partial charge in [-0.25, -0.2) is 4.79 Å². The van der Waals surface area contributed by atoms with Gasteiger partial charge in [0.05, 0.1) is 0 Å². The van der Waals surface area contributed by atoms with Gasteiger partial charge in [-0.1, -0.05) is 40.9 Å².